The molecule has 3 heterocycles. The van der Waals surface area contributed by atoms with Crippen LogP contribution in [0, 0.1) is 23.2 Å². The summed E-state index contributed by atoms with van der Waals surface area (Å²) >= 11 is 0. The first-order valence-corrected chi connectivity index (χ1v) is 6.16. The van der Waals surface area contributed by atoms with Gasteiger partial charge >= 0.3 is 0 Å². The standard InChI is InChI=1S/C12H18N4/c13-4-9-6-15-12-10(7-16-11(9)12)8-2-1-3-14-5-8/h2,9-12,14-16H,1,3,5-7H2. The highest BCUT2D eigenvalue weighted by Gasteiger charge is 2.45. The lowest BCUT2D eigenvalue weighted by Gasteiger charge is -2.24. The summed E-state index contributed by atoms with van der Waals surface area (Å²) in [5.74, 6) is 0.725. The highest BCUT2D eigenvalue weighted by Crippen LogP contribution is 2.30. The van der Waals surface area contributed by atoms with Crippen molar-refractivity contribution in [2.24, 2.45) is 11.8 Å². The van der Waals surface area contributed by atoms with Crippen LogP contribution in [0.25, 0.3) is 0 Å². The smallest absolute Gasteiger partial charge is 0.0756 e. The van der Waals surface area contributed by atoms with E-state index in [2.05, 4.69) is 28.1 Å². The Balaban J connectivity index is 1.75. The molecule has 3 rings (SSSR count). The summed E-state index contributed by atoms with van der Waals surface area (Å²) in [7, 11) is 0. The third-order valence-corrected chi connectivity index (χ3v) is 4.10. The Labute approximate surface area is 96.1 Å². The van der Waals surface area contributed by atoms with Crippen molar-refractivity contribution in [3.8, 4) is 6.07 Å². The van der Waals surface area contributed by atoms with Gasteiger partial charge in [-0.25, -0.2) is 0 Å². The van der Waals surface area contributed by atoms with Gasteiger partial charge < -0.3 is 16.0 Å². The predicted octanol–water partition coefficient (Wildman–Crippen LogP) is -0.394. The van der Waals surface area contributed by atoms with Crippen LogP contribution in [0.5, 0.6) is 0 Å². The van der Waals surface area contributed by atoms with Gasteiger partial charge in [-0.05, 0) is 13.0 Å². The molecule has 0 spiro atoms. The van der Waals surface area contributed by atoms with E-state index in [1.54, 1.807) is 0 Å². The normalized spacial score (nSPS) is 42.6. The second kappa shape index (κ2) is 4.17. The molecule has 0 amide bonds. The predicted molar refractivity (Wildman–Crippen MR) is 61.7 cm³/mol. The van der Waals surface area contributed by atoms with Crippen molar-refractivity contribution in [2.75, 3.05) is 26.2 Å². The Kier molecular flexibility index (Phi) is 2.68. The van der Waals surface area contributed by atoms with E-state index in [1.807, 2.05) is 0 Å². The average molecular weight is 218 g/mol. The van der Waals surface area contributed by atoms with Gasteiger partial charge in [-0.1, -0.05) is 11.6 Å². The van der Waals surface area contributed by atoms with Crippen molar-refractivity contribution in [2.45, 2.75) is 18.5 Å². The Morgan fingerprint density at radius 2 is 2.12 bits per heavy atom. The van der Waals surface area contributed by atoms with E-state index in [0.717, 1.165) is 32.6 Å². The van der Waals surface area contributed by atoms with Crippen LogP contribution in [-0.4, -0.2) is 38.3 Å². The van der Waals surface area contributed by atoms with E-state index >= 15 is 0 Å². The quantitative estimate of drug-likeness (QED) is 0.524. The number of hydrogen-bond donors (Lipinski definition) is 3. The molecule has 4 heteroatoms. The minimum absolute atomic E-state index is 0.146. The molecule has 0 aromatic heterocycles. The third-order valence-electron chi connectivity index (χ3n) is 4.10. The van der Waals surface area contributed by atoms with Crippen molar-refractivity contribution in [1.29, 1.82) is 5.26 Å². The van der Waals surface area contributed by atoms with Crippen LogP contribution < -0.4 is 16.0 Å². The van der Waals surface area contributed by atoms with Crippen LogP contribution in [-0.2, 0) is 0 Å². The number of nitrogens with zero attached hydrogens (tertiary/aromatic N) is 1. The van der Waals surface area contributed by atoms with Crippen LogP contribution in [0.3, 0.4) is 0 Å². The Morgan fingerprint density at radius 1 is 1.25 bits per heavy atom. The summed E-state index contributed by atoms with van der Waals surface area (Å²) in [6, 6.07) is 3.23. The minimum atomic E-state index is 0.146. The zero-order chi connectivity index (χ0) is 11.0. The van der Waals surface area contributed by atoms with Crippen LogP contribution in [0.15, 0.2) is 11.6 Å². The summed E-state index contributed by atoms with van der Waals surface area (Å²) in [5, 5.41) is 19.5. The fourth-order valence-corrected chi connectivity index (χ4v) is 3.25. The second-order valence-corrected chi connectivity index (χ2v) is 4.95. The van der Waals surface area contributed by atoms with E-state index in [9.17, 15) is 0 Å². The Hall–Kier alpha value is -0.890. The van der Waals surface area contributed by atoms with Crippen LogP contribution in [0.2, 0.25) is 0 Å². The third kappa shape index (κ3) is 1.56. The molecule has 3 aliphatic heterocycles. The highest BCUT2D eigenvalue weighted by atomic mass is 15.1. The Bertz CT molecular complexity index is 343. The minimum Gasteiger partial charge on any atom is -0.313 e. The van der Waals surface area contributed by atoms with Gasteiger partial charge in [0.2, 0.25) is 0 Å². The molecule has 0 aromatic rings. The van der Waals surface area contributed by atoms with Crippen molar-refractivity contribution >= 4 is 0 Å². The van der Waals surface area contributed by atoms with Gasteiger partial charge in [-0.15, -0.1) is 0 Å². The van der Waals surface area contributed by atoms with E-state index in [0.29, 0.717) is 18.0 Å². The number of fused-ring (bicyclic) bond motifs is 1. The lowest BCUT2D eigenvalue weighted by Crippen LogP contribution is -2.38. The number of nitriles is 1. The first-order valence-electron chi connectivity index (χ1n) is 6.16. The molecule has 0 radical (unpaired) electrons. The van der Waals surface area contributed by atoms with Crippen molar-refractivity contribution in [3.63, 3.8) is 0 Å². The van der Waals surface area contributed by atoms with Crippen LogP contribution in [0.4, 0.5) is 0 Å². The summed E-state index contributed by atoms with van der Waals surface area (Å²) in [4.78, 5) is 0. The summed E-state index contributed by atoms with van der Waals surface area (Å²) < 4.78 is 0. The average Bonchev–Trinajstić information content (AvgIpc) is 2.90. The monoisotopic (exact) mass is 218 g/mol. The second-order valence-electron chi connectivity index (χ2n) is 4.95. The van der Waals surface area contributed by atoms with Gasteiger partial charge in [0.05, 0.1) is 12.0 Å². The molecule has 4 unspecified atom stereocenters. The van der Waals surface area contributed by atoms with Crippen LogP contribution in [0.1, 0.15) is 6.42 Å². The molecule has 0 aromatic carbocycles. The molecule has 0 saturated carbocycles. The first-order chi connectivity index (χ1) is 7.90. The zero-order valence-electron chi connectivity index (χ0n) is 9.37. The van der Waals surface area contributed by atoms with Crippen LogP contribution >= 0.6 is 0 Å². The SMILES string of the molecule is N#CC1CNC2C(C3=CCCNC3)CNC12. The van der Waals surface area contributed by atoms with Gasteiger partial charge in [0.15, 0.2) is 0 Å². The summed E-state index contributed by atoms with van der Waals surface area (Å²) in [6.45, 7) is 3.99. The maximum atomic E-state index is 9.05. The number of nitrogens with one attached hydrogen (secondary N) is 3. The number of hydrogen-bond acceptors (Lipinski definition) is 4. The molecule has 86 valence electrons. The molecule has 16 heavy (non-hydrogen) atoms. The summed E-state index contributed by atoms with van der Waals surface area (Å²) in [6.07, 6.45) is 3.53. The van der Waals surface area contributed by atoms with E-state index in [-0.39, 0.29) is 5.92 Å². The van der Waals surface area contributed by atoms with E-state index < -0.39 is 0 Å². The highest BCUT2D eigenvalue weighted by molar-refractivity contribution is 5.22. The Morgan fingerprint density at radius 3 is 2.88 bits per heavy atom. The molecular formula is C12H18N4. The zero-order valence-corrected chi connectivity index (χ0v) is 9.37. The largest absolute Gasteiger partial charge is 0.313 e. The molecule has 0 bridgehead atoms. The van der Waals surface area contributed by atoms with Gasteiger partial charge in [0.1, 0.15) is 0 Å². The molecule has 3 aliphatic rings. The van der Waals surface area contributed by atoms with E-state index in [1.165, 1.54) is 5.57 Å². The van der Waals surface area contributed by atoms with Gasteiger partial charge in [-0.2, -0.15) is 5.26 Å². The van der Waals surface area contributed by atoms with Crippen molar-refractivity contribution in [1.82, 2.24) is 16.0 Å². The molecule has 3 N–H and O–H groups in total. The molecule has 0 aliphatic carbocycles. The van der Waals surface area contributed by atoms with E-state index in [4.69, 9.17) is 5.26 Å². The van der Waals surface area contributed by atoms with Crippen molar-refractivity contribution in [3.05, 3.63) is 11.6 Å². The topological polar surface area (TPSA) is 59.9 Å². The van der Waals surface area contributed by atoms with Gasteiger partial charge in [-0.3, -0.25) is 0 Å². The van der Waals surface area contributed by atoms with Crippen molar-refractivity contribution < 1.29 is 0 Å². The molecule has 4 atom stereocenters. The maximum Gasteiger partial charge on any atom is 0.0756 e. The first kappa shape index (κ1) is 10.3. The molecule has 4 nitrogen and oxygen atoms in total. The lowest BCUT2D eigenvalue weighted by molar-refractivity contribution is 0.475. The molecule has 2 saturated heterocycles. The maximum absolute atomic E-state index is 9.05. The van der Waals surface area contributed by atoms with Gasteiger partial charge in [0.25, 0.3) is 0 Å². The van der Waals surface area contributed by atoms with Gasteiger partial charge in [0, 0.05) is 37.6 Å². The fraction of sp³-hybridized carbons (Fsp3) is 0.750. The summed E-state index contributed by atoms with van der Waals surface area (Å²) in [5.41, 5.74) is 1.53. The fourth-order valence-electron chi connectivity index (χ4n) is 3.25. The number of rotatable bonds is 1. The lowest BCUT2D eigenvalue weighted by atomic mass is 9.88. The molecular weight excluding hydrogens is 200 g/mol. The molecule has 2 fully saturated rings.